The summed E-state index contributed by atoms with van der Waals surface area (Å²) >= 11 is 0. The molecule has 0 spiro atoms. The van der Waals surface area contributed by atoms with Crippen LogP contribution in [-0.2, 0) is 20.9 Å². The number of piperidine rings is 1. The summed E-state index contributed by atoms with van der Waals surface area (Å²) in [6.45, 7) is 1.50. The van der Waals surface area contributed by atoms with Gasteiger partial charge in [-0.15, -0.1) is 0 Å². The molecule has 0 radical (unpaired) electrons. The zero-order valence-corrected chi connectivity index (χ0v) is 12.5. The van der Waals surface area contributed by atoms with E-state index in [-0.39, 0.29) is 17.8 Å². The molecule has 114 valence electrons. The van der Waals surface area contributed by atoms with Crippen LogP contribution in [0.4, 0.5) is 0 Å². The highest BCUT2D eigenvalue weighted by Gasteiger charge is 2.30. The van der Waals surface area contributed by atoms with Crippen LogP contribution in [0.5, 0.6) is 0 Å². The van der Waals surface area contributed by atoms with E-state index in [0.717, 1.165) is 18.4 Å². The molecule has 0 N–H and O–H groups in total. The highest BCUT2D eigenvalue weighted by atomic mass is 16.5. The van der Waals surface area contributed by atoms with E-state index >= 15 is 0 Å². The fourth-order valence-electron chi connectivity index (χ4n) is 2.70. The Morgan fingerprint density at radius 1 is 1.29 bits per heavy atom. The molecule has 21 heavy (non-hydrogen) atoms. The van der Waals surface area contributed by atoms with Crippen molar-refractivity contribution in [2.75, 3.05) is 27.3 Å². The van der Waals surface area contributed by atoms with Crippen molar-refractivity contribution < 1.29 is 19.1 Å². The number of rotatable bonds is 4. The van der Waals surface area contributed by atoms with Gasteiger partial charge in [-0.1, -0.05) is 18.2 Å². The minimum Gasteiger partial charge on any atom is -0.469 e. The molecule has 1 saturated heterocycles. The van der Waals surface area contributed by atoms with Crippen LogP contribution in [0.1, 0.15) is 28.8 Å². The number of carbonyl (C=O) groups excluding carboxylic acids is 2. The number of nitrogens with zero attached hydrogens (tertiary/aromatic N) is 1. The van der Waals surface area contributed by atoms with Crippen LogP contribution in [0, 0.1) is 5.92 Å². The summed E-state index contributed by atoms with van der Waals surface area (Å²) in [5.74, 6) is -0.504. The zero-order chi connectivity index (χ0) is 15.2. The summed E-state index contributed by atoms with van der Waals surface area (Å²) < 4.78 is 9.93. The van der Waals surface area contributed by atoms with Crippen molar-refractivity contribution in [2.24, 2.45) is 5.92 Å². The molecular weight excluding hydrogens is 270 g/mol. The lowest BCUT2D eigenvalue weighted by molar-refractivity contribution is -0.146. The van der Waals surface area contributed by atoms with Crippen molar-refractivity contribution in [1.82, 2.24) is 4.90 Å². The highest BCUT2D eigenvalue weighted by Crippen LogP contribution is 2.21. The van der Waals surface area contributed by atoms with Gasteiger partial charge in [0.1, 0.15) is 0 Å². The summed E-state index contributed by atoms with van der Waals surface area (Å²) in [7, 11) is 2.99. The summed E-state index contributed by atoms with van der Waals surface area (Å²) in [6.07, 6.45) is 1.59. The number of hydrogen-bond donors (Lipinski definition) is 0. The molecule has 0 bridgehead atoms. The molecule has 1 aliphatic heterocycles. The minimum atomic E-state index is -0.238. The lowest BCUT2D eigenvalue weighted by Gasteiger charge is -2.31. The van der Waals surface area contributed by atoms with Crippen LogP contribution in [-0.4, -0.2) is 44.1 Å². The largest absolute Gasteiger partial charge is 0.469 e. The van der Waals surface area contributed by atoms with Crippen LogP contribution in [0.25, 0.3) is 0 Å². The number of esters is 1. The van der Waals surface area contributed by atoms with Crippen molar-refractivity contribution >= 4 is 11.9 Å². The van der Waals surface area contributed by atoms with Crippen molar-refractivity contribution in [3.63, 3.8) is 0 Å². The fourth-order valence-corrected chi connectivity index (χ4v) is 2.70. The average Bonchev–Trinajstić information content (AvgIpc) is 2.54. The topological polar surface area (TPSA) is 55.8 Å². The van der Waals surface area contributed by atoms with E-state index in [1.807, 2.05) is 18.2 Å². The van der Waals surface area contributed by atoms with Crippen molar-refractivity contribution in [3.05, 3.63) is 35.4 Å². The van der Waals surface area contributed by atoms with Gasteiger partial charge in [-0.25, -0.2) is 0 Å². The number of ether oxygens (including phenoxy) is 2. The van der Waals surface area contributed by atoms with Crippen molar-refractivity contribution in [1.29, 1.82) is 0 Å². The van der Waals surface area contributed by atoms with Gasteiger partial charge >= 0.3 is 5.97 Å². The van der Waals surface area contributed by atoms with E-state index in [0.29, 0.717) is 25.3 Å². The first kappa shape index (κ1) is 15.5. The second-order valence-corrected chi connectivity index (χ2v) is 5.20. The lowest BCUT2D eigenvalue weighted by atomic mass is 9.97. The van der Waals surface area contributed by atoms with E-state index in [9.17, 15) is 9.59 Å². The quantitative estimate of drug-likeness (QED) is 0.795. The molecule has 0 aromatic heterocycles. The van der Waals surface area contributed by atoms with Crippen LogP contribution in [0.2, 0.25) is 0 Å². The zero-order valence-electron chi connectivity index (χ0n) is 12.5. The third-order valence-electron chi connectivity index (χ3n) is 3.79. The number of amides is 1. The van der Waals surface area contributed by atoms with Gasteiger partial charge in [-0.2, -0.15) is 0 Å². The maximum absolute atomic E-state index is 12.7. The third-order valence-corrected chi connectivity index (χ3v) is 3.79. The predicted molar refractivity (Wildman–Crippen MR) is 77.8 cm³/mol. The normalized spacial score (nSPS) is 18.4. The van der Waals surface area contributed by atoms with Crippen molar-refractivity contribution in [2.45, 2.75) is 19.4 Å². The number of methoxy groups -OCH3 is 2. The summed E-state index contributed by atoms with van der Waals surface area (Å²) in [6, 6.07) is 7.42. The molecule has 1 aromatic carbocycles. The Kier molecular flexibility index (Phi) is 5.33. The van der Waals surface area contributed by atoms with Crippen LogP contribution >= 0.6 is 0 Å². The number of benzene rings is 1. The number of likely N-dealkylation sites (tertiary alicyclic amines) is 1. The van der Waals surface area contributed by atoms with Crippen LogP contribution in [0.15, 0.2) is 24.3 Å². The van der Waals surface area contributed by atoms with Crippen LogP contribution in [0.3, 0.4) is 0 Å². The molecule has 2 rings (SSSR count). The Morgan fingerprint density at radius 2 is 2.05 bits per heavy atom. The van der Waals surface area contributed by atoms with Gasteiger partial charge in [0.25, 0.3) is 5.91 Å². The van der Waals surface area contributed by atoms with E-state index in [2.05, 4.69) is 0 Å². The first-order valence-electron chi connectivity index (χ1n) is 7.11. The molecule has 1 amide bonds. The Labute approximate surface area is 124 Å². The van der Waals surface area contributed by atoms with E-state index in [4.69, 9.17) is 9.47 Å². The Balaban J connectivity index is 2.14. The summed E-state index contributed by atoms with van der Waals surface area (Å²) in [5, 5.41) is 0. The molecule has 0 unspecified atom stereocenters. The van der Waals surface area contributed by atoms with E-state index in [1.165, 1.54) is 7.11 Å². The SMILES string of the molecule is COCc1ccccc1C(=O)N1CCC[C@H](C(=O)OC)C1. The smallest absolute Gasteiger partial charge is 0.310 e. The third kappa shape index (κ3) is 3.61. The molecule has 0 aliphatic carbocycles. The van der Waals surface area contributed by atoms with Crippen LogP contribution < -0.4 is 0 Å². The molecule has 1 heterocycles. The number of hydrogen-bond acceptors (Lipinski definition) is 4. The maximum Gasteiger partial charge on any atom is 0.310 e. The average molecular weight is 291 g/mol. The Hall–Kier alpha value is -1.88. The molecule has 0 saturated carbocycles. The highest BCUT2D eigenvalue weighted by molar-refractivity contribution is 5.96. The van der Waals surface area contributed by atoms with Gasteiger partial charge in [0.05, 0.1) is 19.6 Å². The minimum absolute atomic E-state index is 0.0451. The molecule has 1 aliphatic rings. The first-order chi connectivity index (χ1) is 10.2. The van der Waals surface area contributed by atoms with E-state index < -0.39 is 0 Å². The maximum atomic E-state index is 12.7. The molecule has 5 heteroatoms. The second kappa shape index (κ2) is 7.22. The van der Waals surface area contributed by atoms with Gasteiger partial charge in [-0.05, 0) is 24.5 Å². The molecular formula is C16H21NO4. The Bertz CT molecular complexity index is 515. The predicted octanol–water partition coefficient (Wildman–Crippen LogP) is 1.86. The molecule has 1 aromatic rings. The monoisotopic (exact) mass is 291 g/mol. The molecule has 1 atom stereocenters. The first-order valence-corrected chi connectivity index (χ1v) is 7.11. The van der Waals surface area contributed by atoms with Crippen molar-refractivity contribution in [3.8, 4) is 0 Å². The van der Waals surface area contributed by atoms with Gasteiger partial charge in [-0.3, -0.25) is 9.59 Å². The van der Waals surface area contributed by atoms with Gasteiger partial charge < -0.3 is 14.4 Å². The lowest BCUT2D eigenvalue weighted by Crippen LogP contribution is -2.42. The molecule has 5 nitrogen and oxygen atoms in total. The van der Waals surface area contributed by atoms with Gasteiger partial charge in [0.15, 0.2) is 0 Å². The van der Waals surface area contributed by atoms with E-state index in [1.54, 1.807) is 18.1 Å². The second-order valence-electron chi connectivity index (χ2n) is 5.20. The Morgan fingerprint density at radius 3 is 2.76 bits per heavy atom. The number of carbonyl (C=O) groups is 2. The van der Waals surface area contributed by atoms with Gasteiger partial charge in [0, 0.05) is 25.8 Å². The molecule has 1 fully saturated rings. The summed E-state index contributed by atoms with van der Waals surface area (Å²) in [4.78, 5) is 26.1. The fraction of sp³-hybridized carbons (Fsp3) is 0.500. The van der Waals surface area contributed by atoms with Gasteiger partial charge in [0.2, 0.25) is 0 Å². The summed E-state index contributed by atoms with van der Waals surface area (Å²) in [5.41, 5.74) is 1.51. The standard InChI is InChI=1S/C16H21NO4/c1-20-11-13-6-3-4-8-14(13)15(18)17-9-5-7-12(10-17)16(19)21-2/h3-4,6,8,12H,5,7,9-11H2,1-2H3/t12-/m0/s1.